The van der Waals surface area contributed by atoms with Gasteiger partial charge in [-0.1, -0.05) is 44.0 Å². The van der Waals surface area contributed by atoms with Crippen molar-refractivity contribution in [1.29, 1.82) is 0 Å². The van der Waals surface area contributed by atoms with E-state index in [1.165, 1.54) is 6.08 Å². The van der Waals surface area contributed by atoms with E-state index in [0.717, 1.165) is 9.37 Å². The van der Waals surface area contributed by atoms with Crippen LogP contribution in [0.1, 0.15) is 15.9 Å². The van der Waals surface area contributed by atoms with Crippen molar-refractivity contribution >= 4 is 72.6 Å². The van der Waals surface area contributed by atoms with E-state index in [9.17, 15) is 19.2 Å². The second kappa shape index (κ2) is 9.59. The number of ketones is 1. The Balaban J connectivity index is 1.81. The van der Waals surface area contributed by atoms with Crippen molar-refractivity contribution in [3.8, 4) is 5.75 Å². The van der Waals surface area contributed by atoms with Crippen molar-refractivity contribution in [3.63, 3.8) is 0 Å². The zero-order valence-electron chi connectivity index (χ0n) is 15.1. The maximum atomic E-state index is 12.7. The summed E-state index contributed by atoms with van der Waals surface area (Å²) in [4.78, 5) is 49.3. The maximum absolute atomic E-state index is 12.7. The predicted octanol–water partition coefficient (Wildman–Crippen LogP) is 4.59. The molecule has 1 heterocycles. The van der Waals surface area contributed by atoms with Gasteiger partial charge in [-0.25, -0.2) is 4.79 Å². The fourth-order valence-electron chi connectivity index (χ4n) is 2.55. The first-order chi connectivity index (χ1) is 14.2. The zero-order chi connectivity index (χ0) is 21.8. The lowest BCUT2D eigenvalue weighted by Crippen LogP contribution is -2.33. The Morgan fingerprint density at radius 2 is 1.73 bits per heavy atom. The second-order valence-corrected chi connectivity index (χ2v) is 8.89. The third-order valence-electron chi connectivity index (χ3n) is 3.95. The van der Waals surface area contributed by atoms with Crippen LogP contribution in [0.3, 0.4) is 0 Å². The van der Waals surface area contributed by atoms with E-state index in [-0.39, 0.29) is 23.0 Å². The first-order valence-electron chi connectivity index (χ1n) is 8.43. The molecular formula is C20H13Br2NO6S. The Hall–Kier alpha value is -2.43. The number of hydrogen-bond acceptors (Lipinski definition) is 6. The third kappa shape index (κ3) is 5.38. The molecule has 2 aromatic carbocycles. The SMILES string of the molecule is O=C(O)COc1ccc(Br)cc1/C=C1/SC(=O)N(CC(=O)c2ccc(Br)cc2)C1=O. The smallest absolute Gasteiger partial charge is 0.341 e. The first kappa shape index (κ1) is 22.3. The summed E-state index contributed by atoms with van der Waals surface area (Å²) < 4.78 is 6.73. The molecular weight excluding hydrogens is 542 g/mol. The molecule has 0 atom stereocenters. The highest BCUT2D eigenvalue weighted by Gasteiger charge is 2.36. The van der Waals surface area contributed by atoms with Crippen LogP contribution in [-0.4, -0.2) is 46.1 Å². The molecule has 1 N–H and O–H groups in total. The average molecular weight is 555 g/mol. The van der Waals surface area contributed by atoms with Gasteiger partial charge in [-0.15, -0.1) is 0 Å². The van der Waals surface area contributed by atoms with Crippen molar-refractivity contribution < 1.29 is 29.0 Å². The molecule has 0 radical (unpaired) electrons. The molecule has 1 aliphatic heterocycles. The van der Waals surface area contributed by atoms with Gasteiger partial charge in [0.1, 0.15) is 5.75 Å². The number of carboxylic acid groups (broad SMARTS) is 1. The number of Topliss-reactive ketones (excluding diaryl/α,β-unsaturated/α-hetero) is 1. The number of carbonyl (C=O) groups is 4. The molecule has 0 saturated carbocycles. The van der Waals surface area contributed by atoms with Crippen LogP contribution in [0.15, 0.2) is 56.3 Å². The number of carbonyl (C=O) groups excluding carboxylic acids is 3. The highest BCUT2D eigenvalue weighted by molar-refractivity contribution is 9.10. The van der Waals surface area contributed by atoms with Gasteiger partial charge in [-0.3, -0.25) is 19.3 Å². The summed E-state index contributed by atoms with van der Waals surface area (Å²) in [6, 6.07) is 11.5. The van der Waals surface area contributed by atoms with E-state index in [4.69, 9.17) is 9.84 Å². The first-order valence-corrected chi connectivity index (χ1v) is 10.8. The van der Waals surface area contributed by atoms with Crippen molar-refractivity contribution in [1.82, 2.24) is 4.90 Å². The Bertz CT molecular complexity index is 1070. The second-order valence-electron chi connectivity index (χ2n) is 6.06. The summed E-state index contributed by atoms with van der Waals surface area (Å²) in [5.74, 6) is -1.85. The molecule has 2 amide bonds. The lowest BCUT2D eigenvalue weighted by Gasteiger charge is -2.11. The van der Waals surface area contributed by atoms with E-state index >= 15 is 0 Å². The number of aliphatic carboxylic acids is 1. The summed E-state index contributed by atoms with van der Waals surface area (Å²) in [6.07, 6.45) is 1.44. The summed E-state index contributed by atoms with van der Waals surface area (Å²) in [5, 5.41) is 8.26. The normalized spacial score (nSPS) is 15.0. The van der Waals surface area contributed by atoms with Crippen LogP contribution in [0.2, 0.25) is 0 Å². The molecule has 0 bridgehead atoms. The van der Waals surface area contributed by atoms with Gasteiger partial charge < -0.3 is 9.84 Å². The van der Waals surface area contributed by atoms with Gasteiger partial charge in [0.05, 0.1) is 11.4 Å². The van der Waals surface area contributed by atoms with Gasteiger partial charge in [0, 0.05) is 20.1 Å². The molecule has 1 fully saturated rings. The summed E-state index contributed by atoms with van der Waals surface area (Å²) in [7, 11) is 0. The maximum Gasteiger partial charge on any atom is 0.341 e. The van der Waals surface area contributed by atoms with Gasteiger partial charge in [-0.2, -0.15) is 0 Å². The number of amides is 2. The van der Waals surface area contributed by atoms with Crippen LogP contribution in [-0.2, 0) is 9.59 Å². The Morgan fingerprint density at radius 3 is 2.40 bits per heavy atom. The predicted molar refractivity (Wildman–Crippen MR) is 118 cm³/mol. The highest BCUT2D eigenvalue weighted by atomic mass is 79.9. The topological polar surface area (TPSA) is 101 Å². The number of ether oxygens (including phenoxy) is 1. The molecule has 0 spiro atoms. The van der Waals surface area contributed by atoms with Crippen molar-refractivity contribution in [2.45, 2.75) is 0 Å². The number of thioether (sulfide) groups is 1. The van der Waals surface area contributed by atoms with E-state index < -0.39 is 23.7 Å². The van der Waals surface area contributed by atoms with Gasteiger partial charge in [0.15, 0.2) is 12.4 Å². The van der Waals surface area contributed by atoms with Crippen LogP contribution in [0.5, 0.6) is 5.75 Å². The third-order valence-corrected chi connectivity index (χ3v) is 5.88. The standard InChI is InChI=1S/C20H13Br2NO6S/c21-13-3-1-11(2-4-13)15(24)9-23-19(27)17(30-20(23)28)8-12-7-14(22)5-6-16(12)29-10-18(25)26/h1-8H,9-10H2,(H,25,26)/b17-8+. The molecule has 0 aliphatic carbocycles. The van der Waals surface area contributed by atoms with Crippen molar-refractivity contribution in [3.05, 3.63) is 67.4 Å². The molecule has 30 heavy (non-hydrogen) atoms. The summed E-state index contributed by atoms with van der Waals surface area (Å²) >= 11 is 7.30. The van der Waals surface area contributed by atoms with Gasteiger partial charge in [0.2, 0.25) is 0 Å². The number of halogens is 2. The number of carboxylic acids is 1. The Labute approximate surface area is 192 Å². The minimum absolute atomic E-state index is 0.113. The van der Waals surface area contributed by atoms with E-state index in [0.29, 0.717) is 27.4 Å². The van der Waals surface area contributed by atoms with Crippen molar-refractivity contribution in [2.75, 3.05) is 13.2 Å². The van der Waals surface area contributed by atoms with E-state index in [2.05, 4.69) is 31.9 Å². The molecule has 10 heteroatoms. The molecule has 1 saturated heterocycles. The van der Waals surface area contributed by atoms with Crippen LogP contribution in [0, 0.1) is 0 Å². The largest absolute Gasteiger partial charge is 0.481 e. The number of benzene rings is 2. The zero-order valence-corrected chi connectivity index (χ0v) is 19.1. The Morgan fingerprint density at radius 1 is 1.07 bits per heavy atom. The molecule has 2 aromatic rings. The summed E-state index contributed by atoms with van der Waals surface area (Å²) in [6.45, 7) is -0.920. The molecule has 154 valence electrons. The van der Waals surface area contributed by atoms with E-state index in [1.54, 1.807) is 42.5 Å². The molecule has 0 aromatic heterocycles. The summed E-state index contributed by atoms with van der Waals surface area (Å²) in [5.41, 5.74) is 0.813. The highest BCUT2D eigenvalue weighted by Crippen LogP contribution is 2.35. The lowest BCUT2D eigenvalue weighted by atomic mass is 10.1. The molecule has 1 aliphatic rings. The minimum Gasteiger partial charge on any atom is -0.481 e. The van der Waals surface area contributed by atoms with Crippen LogP contribution in [0.4, 0.5) is 4.79 Å². The van der Waals surface area contributed by atoms with Gasteiger partial charge >= 0.3 is 5.97 Å². The number of nitrogens with zero attached hydrogens (tertiary/aromatic N) is 1. The van der Waals surface area contributed by atoms with Gasteiger partial charge in [-0.05, 0) is 48.2 Å². The monoisotopic (exact) mass is 553 g/mol. The van der Waals surface area contributed by atoms with Crippen LogP contribution < -0.4 is 4.74 Å². The van der Waals surface area contributed by atoms with Crippen LogP contribution >= 0.6 is 43.6 Å². The number of hydrogen-bond donors (Lipinski definition) is 1. The number of rotatable bonds is 7. The lowest BCUT2D eigenvalue weighted by molar-refractivity contribution is -0.139. The van der Waals surface area contributed by atoms with E-state index in [1.807, 2.05) is 0 Å². The van der Waals surface area contributed by atoms with Crippen molar-refractivity contribution in [2.24, 2.45) is 0 Å². The number of imide groups is 1. The molecule has 3 rings (SSSR count). The fourth-order valence-corrected chi connectivity index (χ4v) is 4.02. The van der Waals surface area contributed by atoms with Gasteiger partial charge in [0.25, 0.3) is 11.1 Å². The molecule has 7 nitrogen and oxygen atoms in total. The average Bonchev–Trinajstić information content (AvgIpc) is 2.95. The molecule has 0 unspecified atom stereocenters. The Kier molecular flexibility index (Phi) is 7.11. The minimum atomic E-state index is -1.14. The fraction of sp³-hybridized carbons (Fsp3) is 0.100. The quantitative estimate of drug-likeness (QED) is 0.394. The van der Waals surface area contributed by atoms with Crippen LogP contribution in [0.25, 0.3) is 6.08 Å².